The smallest absolute Gasteiger partial charge is 0.307 e. The normalized spacial score (nSPS) is 13.1. The van der Waals surface area contributed by atoms with Gasteiger partial charge in [-0.25, -0.2) is 0 Å². The van der Waals surface area contributed by atoms with Crippen LogP contribution in [0.25, 0.3) is 0 Å². The summed E-state index contributed by atoms with van der Waals surface area (Å²) in [7, 11) is 5.87. The van der Waals surface area contributed by atoms with Gasteiger partial charge in [-0.15, -0.1) is 0 Å². The van der Waals surface area contributed by atoms with Crippen molar-refractivity contribution in [3.05, 3.63) is 12.2 Å². The van der Waals surface area contributed by atoms with Gasteiger partial charge in [0.1, 0.15) is 6.54 Å². The van der Waals surface area contributed by atoms with E-state index in [1.807, 2.05) is 21.1 Å². The third kappa shape index (κ3) is 17.5. The first kappa shape index (κ1) is 24.6. The maximum atomic E-state index is 11.9. The van der Waals surface area contributed by atoms with Crippen molar-refractivity contribution in [2.45, 2.75) is 83.7 Å². The number of esters is 1. The molecule has 0 saturated heterocycles. The summed E-state index contributed by atoms with van der Waals surface area (Å²) >= 11 is 0. The van der Waals surface area contributed by atoms with E-state index in [1.54, 1.807) is 0 Å². The van der Waals surface area contributed by atoms with E-state index in [0.717, 1.165) is 19.3 Å². The van der Waals surface area contributed by atoms with E-state index in [4.69, 9.17) is 9.84 Å². The maximum absolute atomic E-state index is 11.9. The standard InChI is InChI=1S/C21H39NO4/c1-5-6-7-8-9-10-11-12-13-14-15-16-21(25)26-19(17-20(23)24)18-22(2,3)4/h12-13,19H,5-11,14-18H2,1-4H3/p+1/b13-12-/t19-/m1/s1. The molecule has 0 heterocycles. The van der Waals surface area contributed by atoms with Gasteiger partial charge in [0.05, 0.1) is 27.6 Å². The molecule has 0 saturated carbocycles. The zero-order valence-electron chi connectivity index (χ0n) is 17.3. The number of carbonyl (C=O) groups is 2. The van der Waals surface area contributed by atoms with Gasteiger partial charge < -0.3 is 14.3 Å². The van der Waals surface area contributed by atoms with Crippen LogP contribution in [-0.4, -0.2) is 55.3 Å². The lowest BCUT2D eigenvalue weighted by atomic mass is 10.1. The molecule has 0 aromatic carbocycles. The van der Waals surface area contributed by atoms with E-state index in [1.165, 1.54) is 38.5 Å². The number of carbonyl (C=O) groups excluding carboxylic acids is 1. The quantitative estimate of drug-likeness (QED) is 0.187. The first-order chi connectivity index (χ1) is 12.2. The van der Waals surface area contributed by atoms with E-state index in [0.29, 0.717) is 17.4 Å². The molecule has 0 fully saturated rings. The molecule has 0 aromatic heterocycles. The number of aliphatic carboxylic acids is 1. The molecular formula is C21H40NO4+. The minimum absolute atomic E-state index is 0.139. The van der Waals surface area contributed by atoms with Crippen LogP contribution in [0.15, 0.2) is 12.2 Å². The van der Waals surface area contributed by atoms with Crippen LogP contribution in [0, 0.1) is 0 Å². The number of carboxylic acid groups (broad SMARTS) is 1. The first-order valence-electron chi connectivity index (χ1n) is 10.1. The van der Waals surface area contributed by atoms with Crippen LogP contribution in [0.1, 0.15) is 77.6 Å². The summed E-state index contributed by atoms with van der Waals surface area (Å²) in [6.07, 6.45) is 14.5. The molecule has 0 aliphatic carbocycles. The third-order valence-electron chi connectivity index (χ3n) is 4.09. The molecule has 0 spiro atoms. The summed E-state index contributed by atoms with van der Waals surface area (Å²) in [5, 5.41) is 8.96. The van der Waals surface area contributed by atoms with Crippen LogP contribution in [0.5, 0.6) is 0 Å². The fraction of sp³-hybridized carbons (Fsp3) is 0.810. The Bertz CT molecular complexity index is 413. The van der Waals surface area contributed by atoms with Crippen LogP contribution >= 0.6 is 0 Å². The van der Waals surface area contributed by atoms with Gasteiger partial charge in [-0.2, -0.15) is 0 Å². The molecule has 0 rings (SSSR count). The van der Waals surface area contributed by atoms with Crippen molar-refractivity contribution in [3.8, 4) is 0 Å². The molecular weight excluding hydrogens is 330 g/mol. The third-order valence-corrected chi connectivity index (χ3v) is 4.09. The fourth-order valence-electron chi connectivity index (χ4n) is 2.84. The van der Waals surface area contributed by atoms with E-state index in [-0.39, 0.29) is 12.4 Å². The largest absolute Gasteiger partial charge is 0.481 e. The minimum Gasteiger partial charge on any atom is -0.481 e. The summed E-state index contributed by atoms with van der Waals surface area (Å²) in [5.41, 5.74) is 0. The van der Waals surface area contributed by atoms with Crippen molar-refractivity contribution in [1.29, 1.82) is 0 Å². The lowest BCUT2D eigenvalue weighted by Gasteiger charge is -2.28. The highest BCUT2D eigenvalue weighted by Crippen LogP contribution is 2.10. The van der Waals surface area contributed by atoms with Crippen molar-refractivity contribution >= 4 is 11.9 Å². The van der Waals surface area contributed by atoms with Gasteiger partial charge >= 0.3 is 11.9 Å². The van der Waals surface area contributed by atoms with Crippen molar-refractivity contribution in [1.82, 2.24) is 0 Å². The van der Waals surface area contributed by atoms with Gasteiger partial charge in [0.15, 0.2) is 6.10 Å². The molecule has 152 valence electrons. The van der Waals surface area contributed by atoms with Gasteiger partial charge in [0, 0.05) is 6.42 Å². The summed E-state index contributed by atoms with van der Waals surface area (Å²) in [5.74, 6) is -1.23. The van der Waals surface area contributed by atoms with Crippen LogP contribution in [0.2, 0.25) is 0 Å². The highest BCUT2D eigenvalue weighted by atomic mass is 16.5. The van der Waals surface area contributed by atoms with Gasteiger partial charge in [0.2, 0.25) is 0 Å². The predicted molar refractivity (Wildman–Crippen MR) is 106 cm³/mol. The summed E-state index contributed by atoms with van der Waals surface area (Å²) in [6.45, 7) is 2.73. The summed E-state index contributed by atoms with van der Waals surface area (Å²) in [4.78, 5) is 22.9. The van der Waals surface area contributed by atoms with Gasteiger partial charge in [-0.3, -0.25) is 9.59 Å². The molecule has 0 aliphatic rings. The molecule has 0 aromatic rings. The number of unbranched alkanes of at least 4 members (excludes halogenated alkanes) is 7. The number of hydrogen-bond donors (Lipinski definition) is 1. The van der Waals surface area contributed by atoms with Crippen LogP contribution in [0.3, 0.4) is 0 Å². The molecule has 0 bridgehead atoms. The molecule has 5 heteroatoms. The second kappa shape index (κ2) is 14.8. The average molecular weight is 371 g/mol. The topological polar surface area (TPSA) is 63.6 Å². The number of allylic oxidation sites excluding steroid dienone is 2. The van der Waals surface area contributed by atoms with Crippen molar-refractivity contribution in [2.24, 2.45) is 0 Å². The molecule has 0 amide bonds. The van der Waals surface area contributed by atoms with Gasteiger partial charge in [0.25, 0.3) is 0 Å². The maximum Gasteiger partial charge on any atom is 0.307 e. The van der Waals surface area contributed by atoms with Gasteiger partial charge in [-0.1, -0.05) is 51.2 Å². The first-order valence-corrected chi connectivity index (χ1v) is 10.1. The lowest BCUT2D eigenvalue weighted by Crippen LogP contribution is -2.43. The molecule has 1 N–H and O–H groups in total. The minimum atomic E-state index is -0.936. The average Bonchev–Trinajstić information content (AvgIpc) is 2.50. The van der Waals surface area contributed by atoms with Crippen molar-refractivity contribution < 1.29 is 23.9 Å². The Kier molecular flexibility index (Phi) is 14.0. The fourth-order valence-corrected chi connectivity index (χ4v) is 2.84. The highest BCUT2D eigenvalue weighted by Gasteiger charge is 2.24. The number of likely N-dealkylation sites (N-methyl/N-ethyl adjacent to an activating group) is 1. The summed E-state index contributed by atoms with van der Waals surface area (Å²) < 4.78 is 5.93. The Labute approximate surface area is 160 Å². The zero-order chi connectivity index (χ0) is 19.8. The Morgan fingerprint density at radius 1 is 0.962 bits per heavy atom. The van der Waals surface area contributed by atoms with E-state index in [2.05, 4.69) is 19.1 Å². The van der Waals surface area contributed by atoms with Crippen molar-refractivity contribution in [3.63, 3.8) is 0 Å². The second-order valence-electron chi connectivity index (χ2n) is 8.10. The lowest BCUT2D eigenvalue weighted by molar-refractivity contribution is -0.873. The van der Waals surface area contributed by atoms with Crippen LogP contribution in [0.4, 0.5) is 0 Å². The number of quaternary nitrogens is 1. The summed E-state index contributed by atoms with van der Waals surface area (Å²) in [6, 6.07) is 0. The SMILES string of the molecule is CCCCCCCC/C=C\CCCC(=O)O[C@H](CC(=O)O)C[N+](C)(C)C. The van der Waals surface area contributed by atoms with Gasteiger partial charge in [-0.05, 0) is 25.7 Å². The molecule has 26 heavy (non-hydrogen) atoms. The Balaban J connectivity index is 3.85. The molecule has 1 atom stereocenters. The zero-order valence-corrected chi connectivity index (χ0v) is 17.3. The molecule has 5 nitrogen and oxygen atoms in total. The van der Waals surface area contributed by atoms with E-state index in [9.17, 15) is 9.59 Å². The second-order valence-corrected chi connectivity index (χ2v) is 8.10. The molecule has 0 radical (unpaired) electrons. The van der Waals surface area contributed by atoms with Crippen LogP contribution in [-0.2, 0) is 14.3 Å². The van der Waals surface area contributed by atoms with E-state index >= 15 is 0 Å². The van der Waals surface area contributed by atoms with Crippen molar-refractivity contribution in [2.75, 3.05) is 27.7 Å². The van der Waals surface area contributed by atoms with Crippen LogP contribution < -0.4 is 0 Å². The molecule has 0 aliphatic heterocycles. The molecule has 0 unspecified atom stereocenters. The highest BCUT2D eigenvalue weighted by molar-refractivity contribution is 5.71. The monoisotopic (exact) mass is 370 g/mol. The number of carboxylic acids is 1. The number of rotatable bonds is 16. The van der Waals surface area contributed by atoms with E-state index < -0.39 is 12.1 Å². The number of hydrogen-bond acceptors (Lipinski definition) is 3. The number of ether oxygens (including phenoxy) is 1. The Hall–Kier alpha value is -1.36. The Morgan fingerprint density at radius 3 is 2.12 bits per heavy atom. The Morgan fingerprint density at radius 2 is 1.54 bits per heavy atom. The number of nitrogens with zero attached hydrogens (tertiary/aromatic N) is 1. The predicted octanol–water partition coefficient (Wildman–Crippen LogP) is 4.56.